The second-order valence-electron chi connectivity index (χ2n) is 2.29. The third-order valence-electron chi connectivity index (χ3n) is 1.26. The molecule has 0 radical (unpaired) electrons. The Balaban J connectivity index is 3.83. The molecule has 0 atom stereocenters. The van der Waals surface area contributed by atoms with Gasteiger partial charge in [0, 0.05) is 5.31 Å². The van der Waals surface area contributed by atoms with Crippen molar-refractivity contribution in [1.29, 1.82) is 0 Å². The molecule has 0 aliphatic heterocycles. The monoisotopic (exact) mass is 380 g/mol. The lowest BCUT2D eigenvalue weighted by molar-refractivity contribution is 0.234. The van der Waals surface area contributed by atoms with Gasteiger partial charge < -0.3 is 4.74 Å². The van der Waals surface area contributed by atoms with E-state index < -0.39 is 0 Å². The van der Waals surface area contributed by atoms with Gasteiger partial charge >= 0.3 is 0 Å². The fourth-order valence-corrected chi connectivity index (χ4v) is 3.76. The van der Waals surface area contributed by atoms with E-state index in [-0.39, 0.29) is 5.33 Å². The normalized spacial score (nSPS) is 13.2. The summed E-state index contributed by atoms with van der Waals surface area (Å²) in [4.78, 5) is 0. The maximum atomic E-state index is 5.46. The summed E-state index contributed by atoms with van der Waals surface area (Å²) in [7, 11) is 0. The van der Waals surface area contributed by atoms with Crippen LogP contribution in [0.5, 0.6) is 0 Å². The van der Waals surface area contributed by atoms with Gasteiger partial charge in [0.1, 0.15) is 0 Å². The fourth-order valence-electron chi connectivity index (χ4n) is 0.477. The lowest BCUT2D eigenvalue weighted by atomic mass is 10.4. The van der Waals surface area contributed by atoms with Crippen LogP contribution < -0.4 is 0 Å². The van der Waals surface area contributed by atoms with Crippen molar-refractivity contribution in [2.45, 2.75) is 26.7 Å². The summed E-state index contributed by atoms with van der Waals surface area (Å²) < 4.78 is 6.32. The lowest BCUT2D eigenvalue weighted by Crippen LogP contribution is -1.90. The maximum absolute atomic E-state index is 5.46. The predicted octanol–water partition coefficient (Wildman–Crippen LogP) is 5.49. The van der Waals surface area contributed by atoms with Gasteiger partial charge in [0.15, 0.2) is 4.67 Å². The summed E-state index contributed by atoms with van der Waals surface area (Å²) in [6, 6.07) is 0. The Kier molecular flexibility index (Phi) is 8.69. The SMILES string of the molecule is CCCCO/C(Br)=C(\C)P(Br)Br. The van der Waals surface area contributed by atoms with Gasteiger partial charge in [-0.1, -0.05) is 13.3 Å². The molecule has 0 N–H and O–H groups in total. The van der Waals surface area contributed by atoms with Crippen molar-refractivity contribution in [2.75, 3.05) is 6.61 Å². The molecular formula is C7H12Br3OP. The fraction of sp³-hybridized carbons (Fsp3) is 0.714. The first-order valence-electron chi connectivity index (χ1n) is 3.70. The Hall–Kier alpha value is 1.41. The minimum Gasteiger partial charge on any atom is -0.486 e. The van der Waals surface area contributed by atoms with E-state index in [9.17, 15) is 0 Å². The van der Waals surface area contributed by atoms with Crippen LogP contribution in [0.15, 0.2) is 9.98 Å². The summed E-state index contributed by atoms with van der Waals surface area (Å²) in [5, 5.41) is 0.792. The molecule has 0 saturated heterocycles. The van der Waals surface area contributed by atoms with Crippen molar-refractivity contribution in [2.24, 2.45) is 0 Å². The molecule has 0 aromatic rings. The minimum absolute atomic E-state index is 0.389. The van der Waals surface area contributed by atoms with Crippen LogP contribution in [0.2, 0.25) is 0 Å². The average Bonchev–Trinajstić information content (AvgIpc) is 2.03. The molecule has 0 bridgehead atoms. The Morgan fingerprint density at radius 2 is 2.00 bits per heavy atom. The van der Waals surface area contributed by atoms with E-state index in [1.165, 1.54) is 5.31 Å². The Morgan fingerprint density at radius 1 is 1.42 bits per heavy atom. The summed E-state index contributed by atoms with van der Waals surface area (Å²) in [5.41, 5.74) is 0. The number of halogens is 3. The number of hydrogen-bond donors (Lipinski definition) is 0. The molecule has 0 aromatic carbocycles. The van der Waals surface area contributed by atoms with Crippen molar-refractivity contribution in [3.63, 3.8) is 0 Å². The minimum atomic E-state index is -0.389. The Bertz CT molecular complexity index is 159. The molecular weight excluding hydrogens is 371 g/mol. The second-order valence-corrected chi connectivity index (χ2v) is 11.3. The Morgan fingerprint density at radius 3 is 2.42 bits per heavy atom. The van der Waals surface area contributed by atoms with Crippen molar-refractivity contribution in [3.8, 4) is 0 Å². The highest BCUT2D eigenvalue weighted by molar-refractivity contribution is 9.70. The third-order valence-corrected chi connectivity index (χ3v) is 6.30. The number of unbranched alkanes of at least 4 members (excludes halogenated alkanes) is 1. The zero-order chi connectivity index (χ0) is 9.56. The molecule has 0 unspecified atom stereocenters. The predicted molar refractivity (Wildman–Crippen MR) is 67.3 cm³/mol. The van der Waals surface area contributed by atoms with Gasteiger partial charge in [-0.3, -0.25) is 0 Å². The van der Waals surface area contributed by atoms with Gasteiger partial charge in [-0.2, -0.15) is 0 Å². The van der Waals surface area contributed by atoms with E-state index in [1.807, 2.05) is 6.92 Å². The van der Waals surface area contributed by atoms with Crippen LogP contribution in [0.25, 0.3) is 0 Å². The van der Waals surface area contributed by atoms with Gasteiger partial charge in [0.05, 0.1) is 11.9 Å². The molecule has 1 nitrogen and oxygen atoms in total. The van der Waals surface area contributed by atoms with Crippen molar-refractivity contribution < 1.29 is 4.74 Å². The average molecular weight is 383 g/mol. The molecule has 0 heterocycles. The molecule has 0 aliphatic carbocycles. The molecule has 0 fully saturated rings. The molecule has 12 heavy (non-hydrogen) atoms. The van der Waals surface area contributed by atoms with Gasteiger partial charge in [-0.25, -0.2) is 0 Å². The van der Waals surface area contributed by atoms with E-state index in [4.69, 9.17) is 4.74 Å². The lowest BCUT2D eigenvalue weighted by Gasteiger charge is -2.08. The van der Waals surface area contributed by atoms with E-state index in [0.29, 0.717) is 0 Å². The number of ether oxygens (including phenoxy) is 1. The molecule has 0 amide bonds. The van der Waals surface area contributed by atoms with Crippen LogP contribution in [0.3, 0.4) is 0 Å². The van der Waals surface area contributed by atoms with Crippen LogP contribution in [0.4, 0.5) is 0 Å². The highest BCUT2D eigenvalue weighted by atomic mass is 79.9. The first kappa shape index (κ1) is 13.4. The summed E-state index contributed by atoms with van der Waals surface area (Å²) in [5.74, 6) is 0. The number of allylic oxidation sites excluding steroid dienone is 1. The standard InChI is InChI=1S/C7H12Br3OP/c1-3-4-5-11-7(8)6(2)12(9)10/h3-5H2,1-2H3/b7-6+. The smallest absolute Gasteiger partial charge is 0.167 e. The highest BCUT2D eigenvalue weighted by Crippen LogP contribution is 2.60. The quantitative estimate of drug-likeness (QED) is 0.347. The first-order valence-corrected chi connectivity index (χ1v) is 9.87. The van der Waals surface area contributed by atoms with Crippen LogP contribution in [-0.4, -0.2) is 6.61 Å². The molecule has 0 aliphatic rings. The molecule has 0 saturated carbocycles. The number of rotatable bonds is 5. The highest BCUT2D eigenvalue weighted by Gasteiger charge is 2.06. The van der Waals surface area contributed by atoms with Crippen LogP contribution >= 0.6 is 52.2 Å². The molecule has 72 valence electrons. The van der Waals surface area contributed by atoms with Crippen LogP contribution in [0.1, 0.15) is 26.7 Å². The Labute approximate surface area is 99.7 Å². The molecule has 0 aromatic heterocycles. The van der Waals surface area contributed by atoms with Gasteiger partial charge in [-0.05, 0) is 60.3 Å². The zero-order valence-corrected chi connectivity index (χ0v) is 12.8. The van der Waals surface area contributed by atoms with Crippen molar-refractivity contribution >= 4 is 52.2 Å². The van der Waals surface area contributed by atoms with Crippen LogP contribution in [-0.2, 0) is 4.74 Å². The van der Waals surface area contributed by atoms with Crippen molar-refractivity contribution in [1.82, 2.24) is 0 Å². The second kappa shape index (κ2) is 7.78. The van der Waals surface area contributed by atoms with E-state index in [1.54, 1.807) is 0 Å². The molecule has 0 spiro atoms. The summed E-state index contributed by atoms with van der Waals surface area (Å²) in [6.07, 6.45) is 2.27. The van der Waals surface area contributed by atoms with Crippen LogP contribution in [0, 0.1) is 0 Å². The number of hydrogen-bond acceptors (Lipinski definition) is 1. The summed E-state index contributed by atoms with van der Waals surface area (Å²) >= 11 is 10.3. The molecule has 0 rings (SSSR count). The van der Waals surface area contributed by atoms with E-state index in [0.717, 1.165) is 24.1 Å². The zero-order valence-electron chi connectivity index (χ0n) is 7.11. The van der Waals surface area contributed by atoms with Crippen molar-refractivity contribution in [3.05, 3.63) is 9.98 Å². The largest absolute Gasteiger partial charge is 0.486 e. The summed E-state index contributed by atoms with van der Waals surface area (Å²) in [6.45, 7) is 4.97. The van der Waals surface area contributed by atoms with Gasteiger partial charge in [0.2, 0.25) is 0 Å². The topological polar surface area (TPSA) is 9.23 Å². The van der Waals surface area contributed by atoms with Gasteiger partial charge in [0.25, 0.3) is 0 Å². The molecule has 5 heteroatoms. The first-order chi connectivity index (χ1) is 5.59. The maximum Gasteiger partial charge on any atom is 0.167 e. The van der Waals surface area contributed by atoms with Gasteiger partial charge in [-0.15, -0.1) is 0 Å². The van der Waals surface area contributed by atoms with E-state index >= 15 is 0 Å². The third kappa shape index (κ3) is 5.95. The van der Waals surface area contributed by atoms with E-state index in [2.05, 4.69) is 53.8 Å².